The van der Waals surface area contributed by atoms with Crippen LogP contribution in [0.15, 0.2) is 11.6 Å². The molecule has 1 aliphatic heterocycles. The Morgan fingerprint density at radius 2 is 1.58 bits per heavy atom. The van der Waals surface area contributed by atoms with Crippen LogP contribution in [0.1, 0.15) is 92.4 Å². The number of carboxylic acid groups (broad SMARTS) is 1. The van der Waals surface area contributed by atoms with Crippen molar-refractivity contribution in [3.05, 3.63) is 11.6 Å². The van der Waals surface area contributed by atoms with Crippen LogP contribution in [-0.2, 0) is 14.3 Å². The zero-order valence-corrected chi connectivity index (χ0v) is 27.6. The lowest BCUT2D eigenvalue weighted by Gasteiger charge is -2.71. The lowest BCUT2D eigenvalue weighted by molar-refractivity contribution is -0.328. The first-order chi connectivity index (χ1) is 21.0. The van der Waals surface area contributed by atoms with Crippen LogP contribution >= 0.6 is 0 Å². The van der Waals surface area contributed by atoms with Crippen LogP contribution in [0.2, 0.25) is 0 Å². The van der Waals surface area contributed by atoms with E-state index in [1.54, 1.807) is 0 Å². The van der Waals surface area contributed by atoms with Crippen LogP contribution in [-0.4, -0.2) is 98.3 Å². The Morgan fingerprint density at radius 3 is 2.22 bits per heavy atom. The van der Waals surface area contributed by atoms with Gasteiger partial charge in [-0.2, -0.15) is 0 Å². The van der Waals surface area contributed by atoms with Gasteiger partial charge in [-0.15, -0.1) is 0 Å². The molecule has 15 atom stereocenters. The maximum atomic E-state index is 13.0. The second-order valence-corrected chi connectivity index (χ2v) is 17.2. The van der Waals surface area contributed by atoms with Gasteiger partial charge in [-0.25, -0.2) is 0 Å². The molecule has 7 N–H and O–H groups in total. The van der Waals surface area contributed by atoms with Crippen LogP contribution < -0.4 is 0 Å². The summed E-state index contributed by atoms with van der Waals surface area (Å²) in [6, 6.07) is 0. The number of carbonyl (C=O) groups is 1. The van der Waals surface area contributed by atoms with E-state index < -0.39 is 53.6 Å². The first-order valence-electron chi connectivity index (χ1n) is 17.1. The third-order valence-corrected chi connectivity index (χ3v) is 15.1. The Hall–Kier alpha value is -1.11. The molecule has 1 heterocycles. The summed E-state index contributed by atoms with van der Waals surface area (Å²) in [7, 11) is 0. The lowest BCUT2D eigenvalue weighted by atomic mass is 9.33. The standard InChI is InChI=1S/C35H56O10/c1-30(17-36)10-12-35(29(42)43)13-11-33(4)19(20(35)14-30)6-7-24-31(2)15-21(38)27(45-28-26(41)25(40)22(39)16-44-28)32(3,18-37)23(31)8-9-34(24,33)5/h6,20-28,36-41H,7-18H2,1-5H3,(H,42,43)/t20-,21+,22+,23-,24+,25-,26+,27+,28-,30-,31-,32-,33+,34+,35-/m0/s1. The van der Waals surface area contributed by atoms with E-state index >= 15 is 0 Å². The number of aliphatic hydroxyl groups excluding tert-OH is 6. The van der Waals surface area contributed by atoms with E-state index in [-0.39, 0.29) is 59.2 Å². The fourth-order valence-corrected chi connectivity index (χ4v) is 12.1. The van der Waals surface area contributed by atoms with Crippen molar-refractivity contribution in [2.45, 2.75) is 129 Å². The number of hydrogen-bond acceptors (Lipinski definition) is 9. The predicted molar refractivity (Wildman–Crippen MR) is 164 cm³/mol. The highest BCUT2D eigenvalue weighted by Gasteiger charge is 2.71. The lowest BCUT2D eigenvalue weighted by Crippen LogP contribution is -2.69. The molecule has 0 radical (unpaired) electrons. The average molecular weight is 637 g/mol. The number of carboxylic acids is 1. The van der Waals surface area contributed by atoms with Crippen molar-refractivity contribution >= 4 is 5.97 Å². The van der Waals surface area contributed by atoms with Crippen LogP contribution in [0.25, 0.3) is 0 Å². The van der Waals surface area contributed by atoms with Crippen molar-refractivity contribution in [1.82, 2.24) is 0 Å². The molecule has 10 nitrogen and oxygen atoms in total. The second-order valence-electron chi connectivity index (χ2n) is 17.2. The summed E-state index contributed by atoms with van der Waals surface area (Å²) in [5, 5.41) is 74.5. The molecule has 0 aromatic heterocycles. The summed E-state index contributed by atoms with van der Waals surface area (Å²) in [5.74, 6) is -0.702. The third kappa shape index (κ3) is 4.52. The van der Waals surface area contributed by atoms with Gasteiger partial charge in [0.15, 0.2) is 6.29 Å². The number of hydrogen-bond donors (Lipinski definition) is 7. The van der Waals surface area contributed by atoms with E-state index in [1.807, 2.05) is 6.92 Å². The largest absolute Gasteiger partial charge is 0.481 e. The summed E-state index contributed by atoms with van der Waals surface area (Å²) in [5.41, 5.74) is -1.52. The molecular weight excluding hydrogens is 580 g/mol. The highest BCUT2D eigenvalue weighted by molar-refractivity contribution is 5.76. The fraction of sp³-hybridized carbons (Fsp3) is 0.914. The number of allylic oxidation sites excluding steroid dienone is 2. The molecule has 10 heteroatoms. The van der Waals surface area contributed by atoms with E-state index in [4.69, 9.17) is 9.47 Å². The first kappa shape index (κ1) is 33.8. The Bertz CT molecular complexity index is 1210. The highest BCUT2D eigenvalue weighted by atomic mass is 16.7. The molecule has 256 valence electrons. The van der Waals surface area contributed by atoms with Gasteiger partial charge in [0, 0.05) is 12.0 Å². The fourth-order valence-electron chi connectivity index (χ4n) is 12.1. The number of ether oxygens (including phenoxy) is 2. The van der Waals surface area contributed by atoms with Gasteiger partial charge >= 0.3 is 5.97 Å². The first-order valence-corrected chi connectivity index (χ1v) is 17.1. The maximum absolute atomic E-state index is 13.0. The molecule has 0 unspecified atom stereocenters. The van der Waals surface area contributed by atoms with Gasteiger partial charge in [0.2, 0.25) is 0 Å². The van der Waals surface area contributed by atoms with Gasteiger partial charge in [-0.05, 0) is 97.2 Å². The molecule has 0 aromatic carbocycles. The molecular formula is C35H56O10. The molecule has 5 aliphatic carbocycles. The van der Waals surface area contributed by atoms with E-state index in [2.05, 4.69) is 33.8 Å². The maximum Gasteiger partial charge on any atom is 0.310 e. The second kappa shape index (κ2) is 11.0. The Balaban J connectivity index is 1.35. The summed E-state index contributed by atoms with van der Waals surface area (Å²) in [6.07, 6.45) is 1.26. The summed E-state index contributed by atoms with van der Waals surface area (Å²) in [4.78, 5) is 13.0. The van der Waals surface area contributed by atoms with Crippen molar-refractivity contribution < 1.29 is 50.0 Å². The topological polar surface area (TPSA) is 177 Å². The quantitative estimate of drug-likeness (QED) is 0.175. The van der Waals surface area contributed by atoms with Crippen LogP contribution in [0, 0.1) is 50.2 Å². The zero-order chi connectivity index (χ0) is 33.0. The Labute approximate surface area is 266 Å². The minimum atomic E-state index is -1.49. The minimum absolute atomic E-state index is 0.0228. The van der Waals surface area contributed by atoms with Gasteiger partial charge in [0.1, 0.15) is 18.3 Å². The van der Waals surface area contributed by atoms with Crippen molar-refractivity contribution in [2.24, 2.45) is 50.2 Å². The van der Waals surface area contributed by atoms with Crippen LogP contribution in [0.5, 0.6) is 0 Å². The van der Waals surface area contributed by atoms with Gasteiger partial charge in [-0.1, -0.05) is 46.3 Å². The third-order valence-electron chi connectivity index (χ3n) is 15.1. The Morgan fingerprint density at radius 1 is 0.889 bits per heavy atom. The smallest absolute Gasteiger partial charge is 0.310 e. The van der Waals surface area contributed by atoms with Gasteiger partial charge in [-0.3, -0.25) is 4.79 Å². The number of aliphatic carboxylic acids is 1. The molecule has 0 amide bonds. The van der Waals surface area contributed by atoms with E-state index in [9.17, 15) is 40.5 Å². The van der Waals surface area contributed by atoms with Gasteiger partial charge < -0.3 is 45.2 Å². The van der Waals surface area contributed by atoms with E-state index in [0.29, 0.717) is 32.1 Å². The molecule has 6 aliphatic rings. The molecule has 5 fully saturated rings. The molecule has 45 heavy (non-hydrogen) atoms. The zero-order valence-electron chi connectivity index (χ0n) is 27.6. The van der Waals surface area contributed by atoms with Gasteiger partial charge in [0.05, 0.1) is 30.8 Å². The van der Waals surface area contributed by atoms with Crippen LogP contribution in [0.3, 0.4) is 0 Å². The molecule has 0 bridgehead atoms. The van der Waals surface area contributed by atoms with Crippen molar-refractivity contribution in [3.8, 4) is 0 Å². The SMILES string of the molecule is C[C@]1(CO)CC[C@]2(C(=O)O)CC[C@]3(C)C(=CC[C@@H]4[C@@]5(C)C[C@@H](O)[C@@H](O[C@@H]6OC[C@@H](O)[C@H](O)[C@H]6O)[C@@](C)(CO)[C@H]5CC[C@]43C)[C@@H]2C1. The number of aliphatic hydroxyl groups is 6. The summed E-state index contributed by atoms with van der Waals surface area (Å²) >= 11 is 0. The molecule has 4 saturated carbocycles. The van der Waals surface area contributed by atoms with E-state index in [0.717, 1.165) is 25.7 Å². The van der Waals surface area contributed by atoms with Gasteiger partial charge in [0.25, 0.3) is 0 Å². The van der Waals surface area contributed by atoms with Crippen molar-refractivity contribution in [3.63, 3.8) is 0 Å². The average Bonchev–Trinajstić information content (AvgIpc) is 2.99. The normalized spacial score (nSPS) is 56.2. The molecule has 0 aromatic rings. The minimum Gasteiger partial charge on any atom is -0.481 e. The highest BCUT2D eigenvalue weighted by Crippen LogP contribution is 2.76. The molecule has 1 saturated heterocycles. The number of fused-ring (bicyclic) bond motifs is 7. The number of rotatable bonds is 5. The summed E-state index contributed by atoms with van der Waals surface area (Å²) in [6.45, 7) is 10.6. The summed E-state index contributed by atoms with van der Waals surface area (Å²) < 4.78 is 11.8. The molecule has 0 spiro atoms. The molecule has 6 rings (SSSR count). The Kier molecular flexibility index (Phi) is 8.22. The monoisotopic (exact) mass is 636 g/mol. The van der Waals surface area contributed by atoms with Crippen LogP contribution in [0.4, 0.5) is 0 Å². The van der Waals surface area contributed by atoms with Crippen molar-refractivity contribution in [1.29, 1.82) is 0 Å². The predicted octanol–water partition coefficient (Wildman–Crippen LogP) is 2.61. The van der Waals surface area contributed by atoms with Crippen molar-refractivity contribution in [2.75, 3.05) is 19.8 Å². The van der Waals surface area contributed by atoms with E-state index in [1.165, 1.54) is 5.57 Å².